The third kappa shape index (κ3) is 2.84. The lowest BCUT2D eigenvalue weighted by atomic mass is 10.1. The van der Waals surface area contributed by atoms with E-state index in [0.717, 1.165) is 0 Å². The molecule has 104 valence electrons. The van der Waals surface area contributed by atoms with Crippen molar-refractivity contribution in [3.63, 3.8) is 0 Å². The van der Waals surface area contributed by atoms with Gasteiger partial charge >= 0.3 is 0 Å². The number of nitrogens with zero attached hydrogens (tertiary/aromatic N) is 1. The number of carbonyl (C=O) groups excluding carboxylic acids is 1. The van der Waals surface area contributed by atoms with Gasteiger partial charge in [-0.15, -0.1) is 0 Å². The summed E-state index contributed by atoms with van der Waals surface area (Å²) in [5, 5.41) is 0. The Kier molecular flexibility index (Phi) is 3.93. The Bertz CT molecular complexity index is 423. The molecule has 2 rings (SSSR count). The highest BCUT2D eigenvalue weighted by Gasteiger charge is 2.38. The van der Waals surface area contributed by atoms with Crippen molar-refractivity contribution in [2.75, 3.05) is 31.2 Å². The Balaban J connectivity index is 2.03. The minimum absolute atomic E-state index is 0.0106. The number of ether oxygens (including phenoxy) is 1. The summed E-state index contributed by atoms with van der Waals surface area (Å²) in [6.07, 6.45) is 0.307. The van der Waals surface area contributed by atoms with Crippen LogP contribution in [0.4, 0.5) is 0 Å². The van der Waals surface area contributed by atoms with Gasteiger partial charge < -0.3 is 15.4 Å². The molecule has 0 radical (unpaired) electrons. The van der Waals surface area contributed by atoms with Gasteiger partial charge in [-0.1, -0.05) is 0 Å². The summed E-state index contributed by atoms with van der Waals surface area (Å²) in [5.41, 5.74) is 5.55. The fourth-order valence-corrected chi connectivity index (χ4v) is 4.22. The van der Waals surface area contributed by atoms with E-state index in [9.17, 15) is 13.2 Å². The van der Waals surface area contributed by atoms with Crippen LogP contribution in [0.3, 0.4) is 0 Å². The number of nitrogens with two attached hydrogens (primary N) is 1. The van der Waals surface area contributed by atoms with Crippen molar-refractivity contribution in [3.8, 4) is 0 Å². The van der Waals surface area contributed by atoms with Gasteiger partial charge in [0.2, 0.25) is 5.91 Å². The van der Waals surface area contributed by atoms with Crippen molar-refractivity contribution < 1.29 is 17.9 Å². The Morgan fingerprint density at radius 3 is 2.78 bits per heavy atom. The van der Waals surface area contributed by atoms with E-state index in [1.807, 2.05) is 6.92 Å². The third-order valence-electron chi connectivity index (χ3n) is 3.63. The lowest BCUT2D eigenvalue weighted by Crippen LogP contribution is -2.54. The van der Waals surface area contributed by atoms with Crippen LogP contribution in [-0.4, -0.2) is 62.6 Å². The number of sulfone groups is 1. The summed E-state index contributed by atoms with van der Waals surface area (Å²) in [7, 11) is -3.02. The molecule has 0 spiro atoms. The molecule has 7 heteroatoms. The van der Waals surface area contributed by atoms with Gasteiger partial charge in [0.05, 0.1) is 36.2 Å². The summed E-state index contributed by atoms with van der Waals surface area (Å²) < 4.78 is 28.3. The molecule has 3 atom stereocenters. The van der Waals surface area contributed by atoms with Crippen molar-refractivity contribution in [3.05, 3.63) is 0 Å². The van der Waals surface area contributed by atoms with E-state index in [4.69, 9.17) is 10.5 Å². The first-order valence-corrected chi connectivity index (χ1v) is 8.07. The van der Waals surface area contributed by atoms with Crippen LogP contribution >= 0.6 is 0 Å². The second-order valence-corrected chi connectivity index (χ2v) is 7.36. The van der Waals surface area contributed by atoms with Crippen LogP contribution in [0.2, 0.25) is 0 Å². The van der Waals surface area contributed by atoms with Gasteiger partial charge in [0.25, 0.3) is 0 Å². The fraction of sp³-hybridized carbons (Fsp3) is 0.909. The molecule has 6 nitrogen and oxygen atoms in total. The van der Waals surface area contributed by atoms with E-state index in [0.29, 0.717) is 26.1 Å². The highest BCUT2D eigenvalue weighted by molar-refractivity contribution is 7.91. The second kappa shape index (κ2) is 5.14. The SMILES string of the molecule is CC1COC(CN)CN1C(=O)C1CCS(=O)(=O)C1. The van der Waals surface area contributed by atoms with Crippen LogP contribution in [0.1, 0.15) is 13.3 Å². The van der Waals surface area contributed by atoms with Gasteiger partial charge in [-0.25, -0.2) is 8.42 Å². The minimum atomic E-state index is -3.02. The zero-order valence-corrected chi connectivity index (χ0v) is 11.4. The van der Waals surface area contributed by atoms with E-state index in [1.54, 1.807) is 4.90 Å². The van der Waals surface area contributed by atoms with Gasteiger partial charge in [0, 0.05) is 13.1 Å². The zero-order valence-electron chi connectivity index (χ0n) is 10.5. The third-order valence-corrected chi connectivity index (χ3v) is 5.40. The van der Waals surface area contributed by atoms with Crippen molar-refractivity contribution in [1.82, 2.24) is 4.90 Å². The molecule has 3 unspecified atom stereocenters. The molecule has 0 aromatic carbocycles. The summed E-state index contributed by atoms with van der Waals surface area (Å²) >= 11 is 0. The molecule has 2 aliphatic heterocycles. The van der Waals surface area contributed by atoms with E-state index < -0.39 is 9.84 Å². The van der Waals surface area contributed by atoms with Crippen LogP contribution in [0.5, 0.6) is 0 Å². The van der Waals surface area contributed by atoms with Gasteiger partial charge in [-0.05, 0) is 13.3 Å². The number of morpholine rings is 1. The number of carbonyl (C=O) groups is 1. The summed E-state index contributed by atoms with van der Waals surface area (Å²) in [5.74, 6) is -0.328. The fourth-order valence-electron chi connectivity index (χ4n) is 2.49. The van der Waals surface area contributed by atoms with Gasteiger partial charge in [-0.2, -0.15) is 0 Å². The van der Waals surface area contributed by atoms with Crippen LogP contribution < -0.4 is 5.73 Å². The van der Waals surface area contributed by atoms with Gasteiger partial charge in [0.15, 0.2) is 9.84 Å². The van der Waals surface area contributed by atoms with Crippen LogP contribution in [0.15, 0.2) is 0 Å². The smallest absolute Gasteiger partial charge is 0.227 e. The van der Waals surface area contributed by atoms with Crippen LogP contribution in [0, 0.1) is 5.92 Å². The molecule has 0 aromatic rings. The molecule has 1 amide bonds. The highest BCUT2D eigenvalue weighted by atomic mass is 32.2. The predicted molar refractivity (Wildman–Crippen MR) is 66.7 cm³/mol. The van der Waals surface area contributed by atoms with E-state index in [2.05, 4.69) is 0 Å². The van der Waals surface area contributed by atoms with E-state index in [1.165, 1.54) is 0 Å². The Morgan fingerprint density at radius 1 is 1.50 bits per heavy atom. The molecule has 2 fully saturated rings. The van der Waals surface area contributed by atoms with Gasteiger partial charge in [0.1, 0.15) is 0 Å². The molecule has 18 heavy (non-hydrogen) atoms. The van der Waals surface area contributed by atoms with Crippen molar-refractivity contribution in [1.29, 1.82) is 0 Å². The first kappa shape index (κ1) is 13.8. The summed E-state index contributed by atoms with van der Waals surface area (Å²) in [6.45, 7) is 3.22. The molecule has 2 aliphatic rings. The number of hydrogen-bond acceptors (Lipinski definition) is 5. The monoisotopic (exact) mass is 276 g/mol. The van der Waals surface area contributed by atoms with Crippen molar-refractivity contribution in [2.45, 2.75) is 25.5 Å². The maximum atomic E-state index is 12.3. The first-order valence-electron chi connectivity index (χ1n) is 6.25. The Hall–Kier alpha value is -0.660. The van der Waals surface area contributed by atoms with Crippen molar-refractivity contribution >= 4 is 15.7 Å². The van der Waals surface area contributed by atoms with Crippen molar-refractivity contribution in [2.24, 2.45) is 11.7 Å². The van der Waals surface area contributed by atoms with Gasteiger partial charge in [-0.3, -0.25) is 4.79 Å². The number of rotatable bonds is 2. The predicted octanol–water partition coefficient (Wildman–Crippen LogP) is -1.00. The lowest BCUT2D eigenvalue weighted by molar-refractivity contribution is -0.147. The van der Waals surface area contributed by atoms with Crippen LogP contribution in [0.25, 0.3) is 0 Å². The largest absolute Gasteiger partial charge is 0.373 e. The molecular weight excluding hydrogens is 256 g/mol. The van der Waals surface area contributed by atoms with E-state index in [-0.39, 0.29) is 35.5 Å². The second-order valence-electron chi connectivity index (χ2n) is 5.13. The average Bonchev–Trinajstić information content (AvgIpc) is 2.69. The molecule has 2 heterocycles. The number of amides is 1. The molecule has 0 aliphatic carbocycles. The minimum Gasteiger partial charge on any atom is -0.373 e. The zero-order chi connectivity index (χ0) is 13.3. The lowest BCUT2D eigenvalue weighted by Gasteiger charge is -2.38. The Morgan fingerprint density at radius 2 is 2.22 bits per heavy atom. The topological polar surface area (TPSA) is 89.7 Å². The van der Waals surface area contributed by atoms with E-state index >= 15 is 0 Å². The standard InChI is InChI=1S/C11H20N2O4S/c1-8-6-17-10(4-12)5-13(8)11(14)9-2-3-18(15,16)7-9/h8-10H,2-7,12H2,1H3. The molecule has 2 N–H and O–H groups in total. The average molecular weight is 276 g/mol. The molecule has 0 saturated carbocycles. The summed E-state index contributed by atoms with van der Waals surface area (Å²) in [4.78, 5) is 14.1. The highest BCUT2D eigenvalue weighted by Crippen LogP contribution is 2.23. The maximum Gasteiger partial charge on any atom is 0.227 e. The number of hydrogen-bond donors (Lipinski definition) is 1. The molecular formula is C11H20N2O4S. The maximum absolute atomic E-state index is 12.3. The van der Waals surface area contributed by atoms with Crippen LogP contribution in [-0.2, 0) is 19.4 Å². The molecule has 2 saturated heterocycles. The normalized spacial score (nSPS) is 35.7. The molecule has 0 bridgehead atoms. The first-order chi connectivity index (χ1) is 8.43. The quantitative estimate of drug-likeness (QED) is 0.698. The summed E-state index contributed by atoms with van der Waals surface area (Å²) in [6, 6.07) is -0.0106. The molecule has 0 aromatic heterocycles. The Labute approximate surface area is 107 Å².